The second-order valence-electron chi connectivity index (χ2n) is 7.28. The Morgan fingerprint density at radius 2 is 1.90 bits per heavy atom. The third-order valence-electron chi connectivity index (χ3n) is 5.27. The van der Waals surface area contributed by atoms with Gasteiger partial charge in [-0.3, -0.25) is 14.4 Å². The van der Waals surface area contributed by atoms with Gasteiger partial charge in [-0.15, -0.1) is 0 Å². The molecule has 1 saturated heterocycles. The van der Waals surface area contributed by atoms with Gasteiger partial charge >= 0.3 is 6.18 Å². The summed E-state index contributed by atoms with van der Waals surface area (Å²) in [6.07, 6.45) is -4.05. The van der Waals surface area contributed by atoms with Gasteiger partial charge in [0.25, 0.3) is 5.91 Å². The Labute approximate surface area is 170 Å². The van der Waals surface area contributed by atoms with Crippen molar-refractivity contribution in [3.63, 3.8) is 0 Å². The number of benzene rings is 2. The van der Waals surface area contributed by atoms with Crippen molar-refractivity contribution in [2.45, 2.75) is 32.0 Å². The van der Waals surface area contributed by atoms with Crippen molar-refractivity contribution < 1.29 is 27.6 Å². The SMILES string of the molecule is CC(=O)N1CCc2cc(NC3CC(=O)N(c4cccc(C(F)(F)F)c4)C3=O)ccc21. The molecule has 1 N–H and O–H groups in total. The van der Waals surface area contributed by atoms with Gasteiger partial charge in [0.05, 0.1) is 17.7 Å². The number of anilines is 3. The van der Waals surface area contributed by atoms with Crippen molar-refractivity contribution in [3.05, 3.63) is 53.6 Å². The van der Waals surface area contributed by atoms with Gasteiger partial charge < -0.3 is 10.2 Å². The van der Waals surface area contributed by atoms with Crippen LogP contribution in [0.5, 0.6) is 0 Å². The number of carbonyl (C=O) groups excluding carboxylic acids is 3. The lowest BCUT2D eigenvalue weighted by molar-refractivity contribution is -0.137. The molecule has 156 valence electrons. The van der Waals surface area contributed by atoms with Crippen LogP contribution in [0.3, 0.4) is 0 Å². The molecule has 3 amide bonds. The molecule has 2 aromatic rings. The van der Waals surface area contributed by atoms with Crippen LogP contribution in [0.25, 0.3) is 0 Å². The summed E-state index contributed by atoms with van der Waals surface area (Å²) < 4.78 is 38.9. The summed E-state index contributed by atoms with van der Waals surface area (Å²) in [5, 5.41) is 3.00. The van der Waals surface area contributed by atoms with E-state index in [1.165, 1.54) is 19.1 Å². The zero-order valence-electron chi connectivity index (χ0n) is 16.0. The Kier molecular flexibility index (Phi) is 4.76. The van der Waals surface area contributed by atoms with Gasteiger partial charge in [-0.2, -0.15) is 13.2 Å². The molecule has 0 aliphatic carbocycles. The first-order chi connectivity index (χ1) is 14.1. The number of fused-ring (bicyclic) bond motifs is 1. The van der Waals surface area contributed by atoms with Gasteiger partial charge in [0, 0.05) is 24.8 Å². The third-order valence-corrected chi connectivity index (χ3v) is 5.27. The van der Waals surface area contributed by atoms with E-state index in [4.69, 9.17) is 0 Å². The lowest BCUT2D eigenvalue weighted by Crippen LogP contribution is -2.35. The van der Waals surface area contributed by atoms with Crippen molar-refractivity contribution in [1.82, 2.24) is 0 Å². The minimum Gasteiger partial charge on any atom is -0.373 e. The molecule has 0 spiro atoms. The number of hydrogen-bond acceptors (Lipinski definition) is 4. The molecule has 0 saturated carbocycles. The molecule has 2 aliphatic rings. The first-order valence-corrected chi connectivity index (χ1v) is 9.37. The van der Waals surface area contributed by atoms with Crippen molar-refractivity contribution in [1.29, 1.82) is 0 Å². The van der Waals surface area contributed by atoms with Gasteiger partial charge in [-0.1, -0.05) is 6.07 Å². The number of nitrogens with zero attached hydrogens (tertiary/aromatic N) is 2. The summed E-state index contributed by atoms with van der Waals surface area (Å²) in [4.78, 5) is 39.3. The van der Waals surface area contributed by atoms with Gasteiger partial charge in [-0.05, 0) is 48.4 Å². The molecule has 9 heteroatoms. The molecule has 1 unspecified atom stereocenters. The van der Waals surface area contributed by atoms with Crippen LogP contribution in [0, 0.1) is 0 Å². The Morgan fingerprint density at radius 3 is 2.60 bits per heavy atom. The zero-order valence-corrected chi connectivity index (χ0v) is 16.0. The highest BCUT2D eigenvalue weighted by Gasteiger charge is 2.40. The molecule has 30 heavy (non-hydrogen) atoms. The quantitative estimate of drug-likeness (QED) is 0.778. The van der Waals surface area contributed by atoms with Crippen LogP contribution in [0.15, 0.2) is 42.5 Å². The molecule has 0 aromatic heterocycles. The molecule has 4 rings (SSSR count). The van der Waals surface area contributed by atoms with E-state index >= 15 is 0 Å². The van der Waals surface area contributed by atoms with E-state index in [0.717, 1.165) is 28.3 Å². The smallest absolute Gasteiger partial charge is 0.373 e. The minimum absolute atomic E-state index is 0.0530. The molecule has 6 nitrogen and oxygen atoms in total. The normalized spacial score (nSPS) is 18.7. The molecule has 0 bridgehead atoms. The number of amides is 3. The molecule has 0 radical (unpaired) electrons. The van der Waals surface area contributed by atoms with Gasteiger partial charge in [0.1, 0.15) is 6.04 Å². The first kappa shape index (κ1) is 19.9. The van der Waals surface area contributed by atoms with Gasteiger partial charge in [0.15, 0.2) is 0 Å². The number of nitrogens with one attached hydrogen (secondary N) is 1. The van der Waals surface area contributed by atoms with Gasteiger partial charge in [-0.25, -0.2) is 4.90 Å². The predicted molar refractivity (Wildman–Crippen MR) is 104 cm³/mol. The molecular formula is C21H18F3N3O3. The van der Waals surface area contributed by atoms with Gasteiger partial charge in [0.2, 0.25) is 11.8 Å². The number of alkyl halides is 3. The molecule has 2 heterocycles. The van der Waals surface area contributed by atoms with E-state index in [0.29, 0.717) is 18.7 Å². The predicted octanol–water partition coefficient (Wildman–Crippen LogP) is 3.36. The Hall–Kier alpha value is -3.36. The zero-order chi connectivity index (χ0) is 21.6. The van der Waals surface area contributed by atoms with Crippen LogP contribution in [0.2, 0.25) is 0 Å². The fourth-order valence-corrected chi connectivity index (χ4v) is 3.86. The Balaban J connectivity index is 1.54. The number of carbonyl (C=O) groups is 3. The molecule has 2 aromatic carbocycles. The van der Waals surface area contributed by atoms with Crippen LogP contribution in [0.4, 0.5) is 30.2 Å². The highest BCUT2D eigenvalue weighted by molar-refractivity contribution is 6.23. The van der Waals surface area contributed by atoms with Crippen LogP contribution in [0.1, 0.15) is 24.5 Å². The minimum atomic E-state index is -4.57. The summed E-state index contributed by atoms with van der Waals surface area (Å²) >= 11 is 0. The second kappa shape index (κ2) is 7.16. The van der Waals surface area contributed by atoms with Crippen LogP contribution < -0.4 is 15.1 Å². The Morgan fingerprint density at radius 1 is 1.13 bits per heavy atom. The highest BCUT2D eigenvalue weighted by Crippen LogP contribution is 2.34. The lowest BCUT2D eigenvalue weighted by Gasteiger charge is -2.18. The van der Waals surface area contributed by atoms with Crippen molar-refractivity contribution in [2.24, 2.45) is 0 Å². The summed E-state index contributed by atoms with van der Waals surface area (Å²) in [6, 6.07) is 8.59. The number of halogens is 3. The van der Waals surface area contributed by atoms with Crippen molar-refractivity contribution in [2.75, 3.05) is 21.7 Å². The van der Waals surface area contributed by atoms with E-state index in [2.05, 4.69) is 5.32 Å². The number of rotatable bonds is 3. The number of imide groups is 1. The van der Waals surface area contributed by atoms with E-state index in [-0.39, 0.29) is 18.0 Å². The molecular weight excluding hydrogens is 399 g/mol. The molecule has 1 atom stereocenters. The Bertz CT molecular complexity index is 1050. The van der Waals surface area contributed by atoms with Crippen molar-refractivity contribution >= 4 is 34.8 Å². The molecule has 1 fully saturated rings. The van der Waals surface area contributed by atoms with Crippen LogP contribution in [-0.2, 0) is 27.0 Å². The topological polar surface area (TPSA) is 69.7 Å². The third kappa shape index (κ3) is 3.51. The summed E-state index contributed by atoms with van der Waals surface area (Å²) in [6.45, 7) is 2.07. The average Bonchev–Trinajstić information content (AvgIpc) is 3.22. The summed E-state index contributed by atoms with van der Waals surface area (Å²) in [7, 11) is 0. The maximum atomic E-state index is 13.0. The van der Waals surface area contributed by atoms with Crippen LogP contribution >= 0.6 is 0 Å². The van der Waals surface area contributed by atoms with E-state index in [1.807, 2.05) is 6.07 Å². The van der Waals surface area contributed by atoms with E-state index in [1.54, 1.807) is 17.0 Å². The standard InChI is InChI=1S/C21H18F3N3O3/c1-12(28)26-8-7-13-9-15(5-6-18(13)26)25-17-11-19(29)27(20(17)30)16-4-2-3-14(10-16)21(22,23)24/h2-6,9-10,17,25H,7-8,11H2,1H3. The first-order valence-electron chi connectivity index (χ1n) is 9.37. The monoisotopic (exact) mass is 417 g/mol. The fourth-order valence-electron chi connectivity index (χ4n) is 3.86. The maximum absolute atomic E-state index is 13.0. The summed E-state index contributed by atoms with van der Waals surface area (Å²) in [5.74, 6) is -1.23. The van der Waals surface area contributed by atoms with E-state index < -0.39 is 29.6 Å². The fraction of sp³-hybridized carbons (Fsp3) is 0.286. The average molecular weight is 417 g/mol. The maximum Gasteiger partial charge on any atom is 0.416 e. The lowest BCUT2D eigenvalue weighted by atomic mass is 10.1. The highest BCUT2D eigenvalue weighted by atomic mass is 19.4. The van der Waals surface area contributed by atoms with E-state index in [9.17, 15) is 27.6 Å². The molecule has 2 aliphatic heterocycles. The van der Waals surface area contributed by atoms with Crippen molar-refractivity contribution in [3.8, 4) is 0 Å². The number of hydrogen-bond donors (Lipinski definition) is 1. The second-order valence-corrected chi connectivity index (χ2v) is 7.28. The summed E-state index contributed by atoms with van der Waals surface area (Å²) in [5.41, 5.74) is 1.34. The largest absolute Gasteiger partial charge is 0.416 e. The van der Waals surface area contributed by atoms with Crippen LogP contribution in [-0.4, -0.2) is 30.3 Å².